The third kappa shape index (κ3) is 3.50. The number of aromatic nitrogens is 1. The Morgan fingerprint density at radius 2 is 2.24 bits per heavy atom. The predicted octanol–water partition coefficient (Wildman–Crippen LogP) is 3.34. The fourth-order valence-corrected chi connectivity index (χ4v) is 2.88. The van der Waals surface area contributed by atoms with Gasteiger partial charge in [-0.05, 0) is 18.3 Å². The molecule has 2 rings (SSSR count). The van der Waals surface area contributed by atoms with Crippen LogP contribution in [0.4, 0.5) is 5.69 Å². The van der Waals surface area contributed by atoms with Gasteiger partial charge < -0.3 is 5.32 Å². The van der Waals surface area contributed by atoms with Crippen LogP contribution in [0.5, 0.6) is 0 Å². The van der Waals surface area contributed by atoms with Gasteiger partial charge in [-0.1, -0.05) is 38.3 Å². The van der Waals surface area contributed by atoms with Crippen LogP contribution in [-0.4, -0.2) is 21.9 Å². The van der Waals surface area contributed by atoms with E-state index in [1.54, 1.807) is 0 Å². The first kappa shape index (κ1) is 15.7. The molecule has 1 saturated carbocycles. The van der Waals surface area contributed by atoms with Crippen LogP contribution in [0.3, 0.4) is 0 Å². The van der Waals surface area contributed by atoms with E-state index in [1.165, 1.54) is 6.07 Å². The Morgan fingerprint density at radius 3 is 2.86 bits per heavy atom. The van der Waals surface area contributed by atoms with Crippen LogP contribution in [0.25, 0.3) is 0 Å². The summed E-state index contributed by atoms with van der Waals surface area (Å²) in [7, 11) is 0. The summed E-state index contributed by atoms with van der Waals surface area (Å²) in [6.45, 7) is 4.23. The molecular formula is C14H18ClN3O3. The van der Waals surface area contributed by atoms with Crippen LogP contribution in [0, 0.1) is 15.5 Å². The van der Waals surface area contributed by atoms with E-state index in [0.29, 0.717) is 0 Å². The van der Waals surface area contributed by atoms with E-state index in [1.807, 2.05) is 0 Å². The number of nitro groups is 1. The van der Waals surface area contributed by atoms with E-state index in [4.69, 9.17) is 11.6 Å². The van der Waals surface area contributed by atoms with Crippen molar-refractivity contribution in [3.8, 4) is 0 Å². The summed E-state index contributed by atoms with van der Waals surface area (Å²) >= 11 is 5.89. The quantitative estimate of drug-likeness (QED) is 0.527. The summed E-state index contributed by atoms with van der Waals surface area (Å²) in [6.07, 6.45) is 5.20. The van der Waals surface area contributed by atoms with Crippen molar-refractivity contribution in [1.29, 1.82) is 0 Å². The number of amides is 1. The van der Waals surface area contributed by atoms with Crippen molar-refractivity contribution in [2.24, 2.45) is 5.41 Å². The second-order valence-corrected chi connectivity index (χ2v) is 6.41. The second kappa shape index (κ2) is 5.97. The van der Waals surface area contributed by atoms with Gasteiger partial charge in [-0.3, -0.25) is 14.9 Å². The molecule has 1 aromatic heterocycles. The summed E-state index contributed by atoms with van der Waals surface area (Å²) in [5.74, 6) is -0.406. The van der Waals surface area contributed by atoms with Crippen LogP contribution in [-0.2, 0) is 0 Å². The van der Waals surface area contributed by atoms with Crippen molar-refractivity contribution in [2.75, 3.05) is 0 Å². The normalized spacial score (nSPS) is 20.8. The lowest BCUT2D eigenvalue weighted by atomic mass is 9.73. The molecule has 0 bridgehead atoms. The van der Waals surface area contributed by atoms with Crippen molar-refractivity contribution in [3.63, 3.8) is 0 Å². The predicted molar refractivity (Wildman–Crippen MR) is 79.4 cm³/mol. The Kier molecular flexibility index (Phi) is 4.46. The summed E-state index contributed by atoms with van der Waals surface area (Å²) in [4.78, 5) is 26.2. The Hall–Kier alpha value is -1.69. The highest BCUT2D eigenvalue weighted by atomic mass is 35.5. The van der Waals surface area contributed by atoms with Gasteiger partial charge in [0.05, 0.1) is 10.5 Å². The number of rotatable bonds is 3. The van der Waals surface area contributed by atoms with Crippen LogP contribution in [0.2, 0.25) is 5.15 Å². The molecule has 1 aromatic rings. The first-order chi connectivity index (χ1) is 9.81. The monoisotopic (exact) mass is 311 g/mol. The van der Waals surface area contributed by atoms with Crippen LogP contribution in [0.1, 0.15) is 49.9 Å². The van der Waals surface area contributed by atoms with Crippen molar-refractivity contribution in [3.05, 3.63) is 33.1 Å². The molecule has 21 heavy (non-hydrogen) atoms. The number of halogens is 1. The molecule has 1 fully saturated rings. The molecule has 1 heterocycles. The molecule has 7 heteroatoms. The maximum atomic E-state index is 12.3. The van der Waals surface area contributed by atoms with Crippen LogP contribution >= 0.6 is 11.6 Å². The van der Waals surface area contributed by atoms with Gasteiger partial charge in [0.2, 0.25) is 0 Å². The maximum Gasteiger partial charge on any atom is 0.288 e. The third-order valence-corrected chi connectivity index (χ3v) is 4.39. The van der Waals surface area contributed by atoms with Crippen molar-refractivity contribution in [2.45, 2.75) is 45.6 Å². The molecule has 0 spiro atoms. The topological polar surface area (TPSA) is 85.1 Å². The smallest absolute Gasteiger partial charge is 0.288 e. The van der Waals surface area contributed by atoms with E-state index < -0.39 is 10.8 Å². The number of carbonyl (C=O) groups is 1. The maximum absolute atomic E-state index is 12.3. The zero-order valence-electron chi connectivity index (χ0n) is 12.1. The summed E-state index contributed by atoms with van der Waals surface area (Å²) in [6, 6.07) is 1.20. The lowest BCUT2D eigenvalue weighted by Gasteiger charge is -2.39. The van der Waals surface area contributed by atoms with Gasteiger partial charge in [0, 0.05) is 12.1 Å². The van der Waals surface area contributed by atoms with Crippen molar-refractivity contribution < 1.29 is 9.72 Å². The second-order valence-electron chi connectivity index (χ2n) is 6.05. The summed E-state index contributed by atoms with van der Waals surface area (Å²) in [5.41, 5.74) is -0.186. The van der Waals surface area contributed by atoms with E-state index >= 15 is 0 Å². The summed E-state index contributed by atoms with van der Waals surface area (Å²) in [5, 5.41) is 13.7. The average molecular weight is 312 g/mol. The molecule has 6 nitrogen and oxygen atoms in total. The molecule has 114 valence electrons. The van der Waals surface area contributed by atoms with Gasteiger partial charge in [0.15, 0.2) is 0 Å². The zero-order valence-corrected chi connectivity index (χ0v) is 12.8. The molecule has 0 aliphatic heterocycles. The number of hydrogen-bond acceptors (Lipinski definition) is 4. The highest BCUT2D eigenvalue weighted by Crippen LogP contribution is 2.35. The molecule has 1 aliphatic carbocycles. The SMILES string of the molecule is CC1(C)CCCCC1NC(=O)c1cc([N+](=O)[O-])cnc1Cl. The number of hydrogen-bond donors (Lipinski definition) is 1. The number of pyridine rings is 1. The van der Waals surface area contributed by atoms with E-state index in [2.05, 4.69) is 24.1 Å². The first-order valence-electron chi connectivity index (χ1n) is 6.92. The fraction of sp³-hybridized carbons (Fsp3) is 0.571. The largest absolute Gasteiger partial charge is 0.349 e. The minimum absolute atomic E-state index is 0.00846. The fourth-order valence-electron chi connectivity index (χ4n) is 2.69. The Balaban J connectivity index is 2.20. The highest BCUT2D eigenvalue weighted by Gasteiger charge is 2.33. The minimum Gasteiger partial charge on any atom is -0.349 e. The minimum atomic E-state index is -0.593. The van der Waals surface area contributed by atoms with E-state index in [9.17, 15) is 14.9 Å². The standard InChI is InChI=1S/C14H18ClN3O3/c1-14(2)6-4-3-5-11(14)17-13(19)10-7-9(18(20)21)8-16-12(10)15/h7-8,11H,3-6H2,1-2H3,(H,17,19). The summed E-state index contributed by atoms with van der Waals surface area (Å²) < 4.78 is 0. The number of carbonyl (C=O) groups excluding carboxylic acids is 1. The van der Waals surface area contributed by atoms with Gasteiger partial charge in [-0.15, -0.1) is 0 Å². The van der Waals surface area contributed by atoms with Crippen molar-refractivity contribution >= 4 is 23.2 Å². The third-order valence-electron chi connectivity index (χ3n) is 4.09. The van der Waals surface area contributed by atoms with Gasteiger partial charge in [0.1, 0.15) is 11.3 Å². The van der Waals surface area contributed by atoms with Gasteiger partial charge in [-0.2, -0.15) is 0 Å². The molecule has 0 aromatic carbocycles. The molecule has 1 aliphatic rings. The van der Waals surface area contributed by atoms with E-state index in [0.717, 1.165) is 31.9 Å². The lowest BCUT2D eigenvalue weighted by Crippen LogP contribution is -2.46. The lowest BCUT2D eigenvalue weighted by molar-refractivity contribution is -0.385. The highest BCUT2D eigenvalue weighted by molar-refractivity contribution is 6.32. The number of nitrogens with one attached hydrogen (secondary N) is 1. The average Bonchev–Trinajstić information content (AvgIpc) is 2.41. The van der Waals surface area contributed by atoms with Gasteiger partial charge >= 0.3 is 0 Å². The molecule has 1 N–H and O–H groups in total. The first-order valence-corrected chi connectivity index (χ1v) is 7.30. The van der Waals surface area contributed by atoms with Crippen LogP contribution < -0.4 is 5.32 Å². The molecule has 1 atom stereocenters. The zero-order chi connectivity index (χ0) is 15.6. The Bertz CT molecular complexity index is 575. The molecule has 0 saturated heterocycles. The Labute approximate surface area is 128 Å². The van der Waals surface area contributed by atoms with Gasteiger partial charge in [-0.25, -0.2) is 4.98 Å². The Morgan fingerprint density at radius 1 is 1.52 bits per heavy atom. The molecule has 0 radical (unpaired) electrons. The van der Waals surface area contributed by atoms with Gasteiger partial charge in [0.25, 0.3) is 11.6 Å². The molecule has 1 amide bonds. The van der Waals surface area contributed by atoms with E-state index in [-0.39, 0.29) is 27.9 Å². The molecule has 1 unspecified atom stereocenters. The number of nitrogens with zero attached hydrogens (tertiary/aromatic N) is 2. The van der Waals surface area contributed by atoms with Crippen molar-refractivity contribution in [1.82, 2.24) is 10.3 Å². The molecular weight excluding hydrogens is 294 g/mol. The van der Waals surface area contributed by atoms with Crippen LogP contribution in [0.15, 0.2) is 12.3 Å².